The molecule has 11 heteroatoms. The van der Waals surface area contributed by atoms with Gasteiger partial charge in [-0.05, 0) is 0 Å². The van der Waals surface area contributed by atoms with Gasteiger partial charge < -0.3 is 20.3 Å². The average Bonchev–Trinajstić information content (AvgIpc) is 3.22. The number of anilines is 1. The Balaban J connectivity index is 1.67. The largest absolute Gasteiger partial charge is 0.394 e. The number of aliphatic hydroxyl groups is 2. The van der Waals surface area contributed by atoms with Crippen molar-refractivity contribution in [2.24, 2.45) is 0 Å². The van der Waals surface area contributed by atoms with Crippen LogP contribution in [0.5, 0.6) is 0 Å². The Hall–Kier alpha value is -2.63. The molecule has 3 heterocycles. The number of nitrogens with zero attached hydrogens (tertiary/aromatic N) is 7. The molecule has 0 spiro atoms. The van der Waals surface area contributed by atoms with E-state index in [1.54, 1.807) is 24.1 Å². The molecule has 0 saturated heterocycles. The third-order valence-electron chi connectivity index (χ3n) is 3.31. The van der Waals surface area contributed by atoms with Gasteiger partial charge in [-0.1, -0.05) is 5.21 Å². The number of aliphatic hydroxyl groups excluding tert-OH is 2. The van der Waals surface area contributed by atoms with E-state index in [1.165, 1.54) is 11.0 Å². The van der Waals surface area contributed by atoms with Gasteiger partial charge >= 0.3 is 0 Å². The molecule has 3 aromatic heterocycles. The second-order valence-corrected chi connectivity index (χ2v) is 5.10. The van der Waals surface area contributed by atoms with E-state index in [1.807, 2.05) is 0 Å². The van der Waals surface area contributed by atoms with Gasteiger partial charge in [-0.15, -0.1) is 5.10 Å². The normalized spacial score (nSPS) is 12.6. The first-order valence-electron chi connectivity index (χ1n) is 7.31. The topological polar surface area (TPSA) is 136 Å². The van der Waals surface area contributed by atoms with Crippen LogP contribution < -0.4 is 5.32 Å². The summed E-state index contributed by atoms with van der Waals surface area (Å²) in [4.78, 5) is 8.39. The summed E-state index contributed by atoms with van der Waals surface area (Å²) in [5, 5.41) is 34.1. The van der Waals surface area contributed by atoms with E-state index in [-0.39, 0.29) is 19.9 Å². The highest BCUT2D eigenvalue weighted by atomic mass is 16.5. The number of aromatic nitrogens is 7. The molecule has 0 bridgehead atoms. The van der Waals surface area contributed by atoms with Gasteiger partial charge in [0.05, 0.1) is 37.5 Å². The number of nitrogens with one attached hydrogen (secondary N) is 1. The molecule has 0 aliphatic heterocycles. The van der Waals surface area contributed by atoms with E-state index < -0.39 is 6.10 Å². The van der Waals surface area contributed by atoms with Crippen LogP contribution in [0.15, 0.2) is 18.7 Å². The summed E-state index contributed by atoms with van der Waals surface area (Å²) in [5.41, 5.74) is 1.39. The lowest BCUT2D eigenvalue weighted by atomic mass is 10.4. The van der Waals surface area contributed by atoms with Gasteiger partial charge in [0.25, 0.3) is 0 Å². The maximum absolute atomic E-state index is 9.21. The Bertz CT molecular complexity index is 801. The van der Waals surface area contributed by atoms with Crippen molar-refractivity contribution in [3.8, 4) is 0 Å². The number of ether oxygens (including phenoxy) is 1. The summed E-state index contributed by atoms with van der Waals surface area (Å²) in [6.07, 6.45) is 4.00. The standard InChI is InChI=1S/C13H18N8O3/c1-14-12-11-2-17-21(13(11)16-7-15-12)4-9-3-20(19-18-9)8-24-6-10(23)5-22/h2-3,7,10,22-23H,4-6,8H2,1H3,(H,14,15,16). The summed E-state index contributed by atoms with van der Waals surface area (Å²) in [5.74, 6) is 0.714. The highest BCUT2D eigenvalue weighted by molar-refractivity contribution is 5.85. The van der Waals surface area contributed by atoms with Crippen LogP contribution in [0.1, 0.15) is 5.69 Å². The first kappa shape index (κ1) is 16.2. The zero-order chi connectivity index (χ0) is 16.9. The minimum atomic E-state index is -0.899. The number of fused-ring (bicyclic) bond motifs is 1. The van der Waals surface area contributed by atoms with Crippen molar-refractivity contribution in [1.82, 2.24) is 34.7 Å². The second kappa shape index (κ2) is 7.29. The lowest BCUT2D eigenvalue weighted by Gasteiger charge is -2.07. The van der Waals surface area contributed by atoms with Crippen LogP contribution in [0.3, 0.4) is 0 Å². The predicted octanol–water partition coefficient (Wildman–Crippen LogP) is -1.16. The molecule has 0 aromatic carbocycles. The number of rotatable bonds is 8. The average molecular weight is 334 g/mol. The van der Waals surface area contributed by atoms with Crippen molar-refractivity contribution >= 4 is 16.9 Å². The number of hydrogen-bond acceptors (Lipinski definition) is 9. The zero-order valence-corrected chi connectivity index (χ0v) is 13.1. The van der Waals surface area contributed by atoms with E-state index >= 15 is 0 Å². The number of hydrogen-bond donors (Lipinski definition) is 3. The van der Waals surface area contributed by atoms with Crippen molar-refractivity contribution < 1.29 is 14.9 Å². The SMILES string of the molecule is CNc1ncnc2c1cnn2Cc1cn(COCC(O)CO)nn1. The van der Waals surface area contributed by atoms with Gasteiger partial charge in [0, 0.05) is 7.05 Å². The lowest BCUT2D eigenvalue weighted by Crippen LogP contribution is -2.20. The lowest BCUT2D eigenvalue weighted by molar-refractivity contribution is -0.0209. The highest BCUT2D eigenvalue weighted by Crippen LogP contribution is 2.18. The van der Waals surface area contributed by atoms with Crippen LogP contribution in [0.2, 0.25) is 0 Å². The molecule has 24 heavy (non-hydrogen) atoms. The quantitative estimate of drug-likeness (QED) is 0.465. The minimum Gasteiger partial charge on any atom is -0.394 e. The minimum absolute atomic E-state index is 0.0270. The molecule has 11 nitrogen and oxygen atoms in total. The summed E-state index contributed by atoms with van der Waals surface area (Å²) in [6, 6.07) is 0. The maximum atomic E-state index is 9.21. The van der Waals surface area contributed by atoms with E-state index in [2.05, 4.69) is 30.7 Å². The fourth-order valence-electron chi connectivity index (χ4n) is 2.17. The molecule has 0 radical (unpaired) electrons. The predicted molar refractivity (Wildman–Crippen MR) is 83.0 cm³/mol. The molecule has 0 aliphatic rings. The Morgan fingerprint density at radius 2 is 2.25 bits per heavy atom. The van der Waals surface area contributed by atoms with Gasteiger partial charge in [-0.2, -0.15) is 5.10 Å². The van der Waals surface area contributed by atoms with Gasteiger partial charge in [0.1, 0.15) is 30.7 Å². The van der Waals surface area contributed by atoms with Crippen LogP contribution in [0.4, 0.5) is 5.82 Å². The molecule has 0 aliphatic carbocycles. The Morgan fingerprint density at radius 1 is 1.38 bits per heavy atom. The van der Waals surface area contributed by atoms with Crippen LogP contribution in [0.25, 0.3) is 11.0 Å². The van der Waals surface area contributed by atoms with Crippen LogP contribution in [-0.2, 0) is 18.0 Å². The van der Waals surface area contributed by atoms with Crippen molar-refractivity contribution in [2.75, 3.05) is 25.6 Å². The van der Waals surface area contributed by atoms with Crippen molar-refractivity contribution in [3.63, 3.8) is 0 Å². The summed E-state index contributed by atoms with van der Waals surface area (Å²) in [7, 11) is 1.79. The van der Waals surface area contributed by atoms with E-state index in [0.717, 1.165) is 5.39 Å². The van der Waals surface area contributed by atoms with Gasteiger partial charge in [-0.25, -0.2) is 19.3 Å². The van der Waals surface area contributed by atoms with Crippen LogP contribution in [0, 0.1) is 0 Å². The molecule has 1 unspecified atom stereocenters. The summed E-state index contributed by atoms with van der Waals surface area (Å²) < 4.78 is 8.43. The third-order valence-corrected chi connectivity index (χ3v) is 3.31. The Labute approximate surface area is 136 Å². The highest BCUT2D eigenvalue weighted by Gasteiger charge is 2.11. The molecular formula is C13H18N8O3. The fraction of sp³-hybridized carbons (Fsp3) is 0.462. The Kier molecular flexibility index (Phi) is 4.93. The van der Waals surface area contributed by atoms with Gasteiger partial charge in [-0.3, -0.25) is 0 Å². The molecule has 0 saturated carbocycles. The van der Waals surface area contributed by atoms with Crippen LogP contribution in [-0.4, -0.2) is 71.3 Å². The second-order valence-electron chi connectivity index (χ2n) is 5.10. The van der Waals surface area contributed by atoms with Crippen molar-refractivity contribution in [1.29, 1.82) is 0 Å². The van der Waals surface area contributed by atoms with Crippen molar-refractivity contribution in [3.05, 3.63) is 24.4 Å². The van der Waals surface area contributed by atoms with Gasteiger partial charge in [0.15, 0.2) is 5.65 Å². The first-order chi connectivity index (χ1) is 11.7. The maximum Gasteiger partial charge on any atom is 0.163 e. The van der Waals surface area contributed by atoms with Crippen molar-refractivity contribution in [2.45, 2.75) is 19.4 Å². The van der Waals surface area contributed by atoms with E-state index in [9.17, 15) is 5.11 Å². The van der Waals surface area contributed by atoms with Crippen LogP contribution >= 0.6 is 0 Å². The third kappa shape index (κ3) is 3.48. The molecular weight excluding hydrogens is 316 g/mol. The summed E-state index contributed by atoms with van der Waals surface area (Å²) >= 11 is 0. The smallest absolute Gasteiger partial charge is 0.163 e. The van der Waals surface area contributed by atoms with Gasteiger partial charge in [0.2, 0.25) is 0 Å². The molecule has 3 rings (SSSR count). The molecule has 0 fully saturated rings. The molecule has 3 aromatic rings. The molecule has 128 valence electrons. The summed E-state index contributed by atoms with van der Waals surface area (Å²) in [6.45, 7) is 0.226. The fourth-order valence-corrected chi connectivity index (χ4v) is 2.17. The molecule has 1 atom stereocenters. The van der Waals surface area contributed by atoms with E-state index in [0.29, 0.717) is 23.7 Å². The molecule has 0 amide bonds. The van der Waals surface area contributed by atoms with E-state index in [4.69, 9.17) is 9.84 Å². The zero-order valence-electron chi connectivity index (χ0n) is 13.1. The monoisotopic (exact) mass is 334 g/mol. The first-order valence-corrected chi connectivity index (χ1v) is 7.31. The Morgan fingerprint density at radius 3 is 3.04 bits per heavy atom. The molecule has 3 N–H and O–H groups in total.